The summed E-state index contributed by atoms with van der Waals surface area (Å²) >= 11 is 0. The Morgan fingerprint density at radius 2 is 1.95 bits per heavy atom. The molecular formula is C16H19N5O. The van der Waals surface area contributed by atoms with Crippen LogP contribution >= 0.6 is 0 Å². The van der Waals surface area contributed by atoms with Gasteiger partial charge in [-0.25, -0.2) is 15.0 Å². The number of rotatable bonds is 4. The highest BCUT2D eigenvalue weighted by molar-refractivity contribution is 6.37. The zero-order valence-corrected chi connectivity index (χ0v) is 13.1. The van der Waals surface area contributed by atoms with E-state index in [1.807, 2.05) is 32.9 Å². The molecule has 0 radical (unpaired) electrons. The van der Waals surface area contributed by atoms with Crippen LogP contribution in [0.3, 0.4) is 0 Å². The predicted molar refractivity (Wildman–Crippen MR) is 87.9 cm³/mol. The lowest BCUT2D eigenvalue weighted by atomic mass is 10.1. The van der Waals surface area contributed by atoms with Crippen molar-refractivity contribution < 1.29 is 4.79 Å². The second-order valence-electron chi connectivity index (χ2n) is 5.16. The first-order valence-electron chi connectivity index (χ1n) is 6.89. The van der Waals surface area contributed by atoms with Gasteiger partial charge in [0, 0.05) is 5.69 Å². The van der Waals surface area contributed by atoms with E-state index in [4.69, 9.17) is 5.73 Å². The van der Waals surface area contributed by atoms with Gasteiger partial charge in [-0.1, -0.05) is 17.7 Å². The normalized spacial score (nSPS) is 11.4. The van der Waals surface area contributed by atoms with Gasteiger partial charge in [-0.05, 0) is 39.3 Å². The van der Waals surface area contributed by atoms with Crippen molar-refractivity contribution in [1.82, 2.24) is 9.97 Å². The number of amides is 1. The van der Waals surface area contributed by atoms with E-state index < -0.39 is 5.91 Å². The summed E-state index contributed by atoms with van der Waals surface area (Å²) in [6.07, 6.45) is 1.46. The lowest BCUT2D eigenvalue weighted by Crippen LogP contribution is -2.20. The Balaban J connectivity index is 2.45. The van der Waals surface area contributed by atoms with Gasteiger partial charge in [-0.2, -0.15) is 0 Å². The van der Waals surface area contributed by atoms with Crippen molar-refractivity contribution in [3.8, 4) is 0 Å². The fourth-order valence-corrected chi connectivity index (χ4v) is 2.00. The number of primary amides is 1. The Morgan fingerprint density at radius 1 is 1.23 bits per heavy atom. The van der Waals surface area contributed by atoms with Crippen molar-refractivity contribution in [2.75, 3.05) is 5.32 Å². The molecule has 1 aromatic carbocycles. The van der Waals surface area contributed by atoms with Crippen LogP contribution in [-0.4, -0.2) is 21.6 Å². The van der Waals surface area contributed by atoms with Gasteiger partial charge in [0.05, 0.1) is 5.69 Å². The number of hydrogen-bond donors (Lipinski definition) is 2. The van der Waals surface area contributed by atoms with Crippen LogP contribution in [0.2, 0.25) is 0 Å². The fraction of sp³-hybridized carbons (Fsp3) is 0.250. The molecule has 0 saturated carbocycles. The molecule has 0 unspecified atom stereocenters. The van der Waals surface area contributed by atoms with Crippen molar-refractivity contribution in [3.05, 3.63) is 41.3 Å². The first-order valence-corrected chi connectivity index (χ1v) is 6.89. The molecular weight excluding hydrogens is 278 g/mol. The molecule has 0 aliphatic carbocycles. The van der Waals surface area contributed by atoms with Crippen molar-refractivity contribution in [2.45, 2.75) is 27.7 Å². The number of hydrogen-bond acceptors (Lipinski definition) is 5. The highest BCUT2D eigenvalue weighted by atomic mass is 16.1. The smallest absolute Gasteiger partial charge is 0.262 e. The fourth-order valence-electron chi connectivity index (χ4n) is 2.00. The number of carbonyl (C=O) groups excluding carboxylic acids is 1. The second kappa shape index (κ2) is 6.34. The maximum absolute atomic E-state index is 11.2. The molecule has 2 rings (SSSR count). The summed E-state index contributed by atoms with van der Waals surface area (Å²) in [5, 5.41) is 3.24. The van der Waals surface area contributed by atoms with Gasteiger partial charge in [0.1, 0.15) is 17.7 Å². The molecule has 2 aromatic rings. The molecule has 0 bridgehead atoms. The number of carbonyl (C=O) groups is 1. The van der Waals surface area contributed by atoms with E-state index in [1.165, 1.54) is 11.9 Å². The van der Waals surface area contributed by atoms with Crippen LogP contribution in [0, 0.1) is 20.8 Å². The summed E-state index contributed by atoms with van der Waals surface area (Å²) in [5.74, 6) is -0.0271. The van der Waals surface area contributed by atoms with E-state index in [0.717, 1.165) is 11.3 Å². The number of aliphatic imine (C=N–C) groups is 1. The summed E-state index contributed by atoms with van der Waals surface area (Å²) in [5.41, 5.74) is 9.85. The predicted octanol–water partition coefficient (Wildman–Crippen LogP) is 2.72. The molecule has 0 spiro atoms. The third kappa shape index (κ3) is 3.46. The zero-order valence-electron chi connectivity index (χ0n) is 13.1. The summed E-state index contributed by atoms with van der Waals surface area (Å²) in [6, 6.07) is 6.07. The second-order valence-corrected chi connectivity index (χ2v) is 5.16. The SMILES string of the molecule is CC(=Nc1c(C)ncnc1Nc1ccc(C)cc1C)C(N)=O. The highest BCUT2D eigenvalue weighted by Crippen LogP contribution is 2.29. The van der Waals surface area contributed by atoms with Gasteiger partial charge < -0.3 is 11.1 Å². The maximum Gasteiger partial charge on any atom is 0.262 e. The van der Waals surface area contributed by atoms with Crippen LogP contribution in [0.25, 0.3) is 0 Å². The topological polar surface area (TPSA) is 93.3 Å². The molecule has 0 fully saturated rings. The van der Waals surface area contributed by atoms with Crippen molar-refractivity contribution >= 4 is 28.8 Å². The average Bonchev–Trinajstić information content (AvgIpc) is 2.45. The minimum absolute atomic E-state index is 0.210. The van der Waals surface area contributed by atoms with Crippen LogP contribution in [0.1, 0.15) is 23.7 Å². The molecule has 0 atom stereocenters. The van der Waals surface area contributed by atoms with Crippen LogP contribution < -0.4 is 11.1 Å². The Labute approximate surface area is 129 Å². The first kappa shape index (κ1) is 15.6. The molecule has 22 heavy (non-hydrogen) atoms. The van der Waals surface area contributed by atoms with Gasteiger partial charge in [0.2, 0.25) is 0 Å². The summed E-state index contributed by atoms with van der Waals surface area (Å²) < 4.78 is 0. The van der Waals surface area contributed by atoms with Crippen molar-refractivity contribution in [1.29, 1.82) is 0 Å². The Hall–Kier alpha value is -2.76. The summed E-state index contributed by atoms with van der Waals surface area (Å²) in [7, 11) is 0. The minimum atomic E-state index is -0.569. The molecule has 1 heterocycles. The molecule has 3 N–H and O–H groups in total. The number of nitrogens with one attached hydrogen (secondary N) is 1. The third-order valence-electron chi connectivity index (χ3n) is 3.28. The molecule has 0 saturated heterocycles. The van der Waals surface area contributed by atoms with Crippen LogP contribution in [0.5, 0.6) is 0 Å². The van der Waals surface area contributed by atoms with E-state index in [0.29, 0.717) is 17.2 Å². The highest BCUT2D eigenvalue weighted by Gasteiger charge is 2.11. The number of aromatic nitrogens is 2. The van der Waals surface area contributed by atoms with Crippen LogP contribution in [0.4, 0.5) is 17.2 Å². The Morgan fingerprint density at radius 3 is 2.59 bits per heavy atom. The van der Waals surface area contributed by atoms with Crippen LogP contribution in [0.15, 0.2) is 29.5 Å². The standard InChI is InChI=1S/C16H19N5O/c1-9-5-6-13(10(2)7-9)21-16-14(11(3)18-8-19-16)20-12(4)15(17)22/h5-8H,1-4H3,(H2,17,22)(H,18,19,21). The molecule has 6 nitrogen and oxygen atoms in total. The molecule has 1 amide bonds. The molecule has 0 aliphatic heterocycles. The maximum atomic E-state index is 11.2. The summed E-state index contributed by atoms with van der Waals surface area (Å²) in [4.78, 5) is 23.8. The largest absolute Gasteiger partial charge is 0.365 e. The quantitative estimate of drug-likeness (QED) is 0.848. The lowest BCUT2D eigenvalue weighted by Gasteiger charge is -2.12. The first-order chi connectivity index (χ1) is 10.4. The number of nitrogens with zero attached hydrogens (tertiary/aromatic N) is 3. The Kier molecular flexibility index (Phi) is 4.50. The number of aryl methyl sites for hydroxylation is 3. The number of anilines is 2. The van der Waals surface area contributed by atoms with E-state index in [1.54, 1.807) is 6.92 Å². The van der Waals surface area contributed by atoms with Crippen LogP contribution in [-0.2, 0) is 4.79 Å². The minimum Gasteiger partial charge on any atom is -0.365 e. The average molecular weight is 297 g/mol. The lowest BCUT2D eigenvalue weighted by molar-refractivity contribution is -0.112. The molecule has 1 aromatic heterocycles. The molecule has 114 valence electrons. The van der Waals surface area contributed by atoms with Gasteiger partial charge >= 0.3 is 0 Å². The van der Waals surface area contributed by atoms with E-state index >= 15 is 0 Å². The van der Waals surface area contributed by atoms with E-state index in [9.17, 15) is 4.79 Å². The van der Waals surface area contributed by atoms with Gasteiger partial charge in [0.15, 0.2) is 5.82 Å². The number of nitrogens with two attached hydrogens (primary N) is 1. The molecule has 6 heteroatoms. The van der Waals surface area contributed by atoms with Gasteiger partial charge in [-0.3, -0.25) is 4.79 Å². The number of benzene rings is 1. The summed E-state index contributed by atoms with van der Waals surface area (Å²) in [6.45, 7) is 7.43. The van der Waals surface area contributed by atoms with Crippen molar-refractivity contribution in [2.24, 2.45) is 10.7 Å². The van der Waals surface area contributed by atoms with Gasteiger partial charge in [-0.15, -0.1) is 0 Å². The molecule has 0 aliphatic rings. The van der Waals surface area contributed by atoms with Gasteiger partial charge in [0.25, 0.3) is 5.91 Å². The third-order valence-corrected chi connectivity index (χ3v) is 3.28. The zero-order chi connectivity index (χ0) is 16.3. The van der Waals surface area contributed by atoms with Crippen molar-refractivity contribution in [3.63, 3.8) is 0 Å². The monoisotopic (exact) mass is 297 g/mol. The van der Waals surface area contributed by atoms with E-state index in [2.05, 4.69) is 26.3 Å². The Bertz CT molecular complexity index is 752. The van der Waals surface area contributed by atoms with E-state index in [-0.39, 0.29) is 5.71 Å².